The van der Waals surface area contributed by atoms with Gasteiger partial charge in [-0.25, -0.2) is 0 Å². The van der Waals surface area contributed by atoms with E-state index >= 15 is 0 Å². The van der Waals surface area contributed by atoms with Gasteiger partial charge in [0.05, 0.1) is 7.11 Å². The topological polar surface area (TPSA) is 47.6 Å². The van der Waals surface area contributed by atoms with E-state index in [9.17, 15) is 13.6 Å². The van der Waals surface area contributed by atoms with Crippen molar-refractivity contribution in [2.24, 2.45) is 0 Å². The second kappa shape index (κ2) is 6.89. The van der Waals surface area contributed by atoms with Crippen molar-refractivity contribution in [3.63, 3.8) is 0 Å². The van der Waals surface area contributed by atoms with Crippen LogP contribution in [-0.4, -0.2) is 19.6 Å². The van der Waals surface area contributed by atoms with Crippen molar-refractivity contribution in [2.45, 2.75) is 13.5 Å². The highest BCUT2D eigenvalue weighted by Gasteiger charge is 2.11. The summed E-state index contributed by atoms with van der Waals surface area (Å²) in [5.41, 5.74) is 1.67. The van der Waals surface area contributed by atoms with Gasteiger partial charge < -0.3 is 14.8 Å². The molecule has 0 spiro atoms. The molecule has 0 saturated carbocycles. The van der Waals surface area contributed by atoms with Crippen LogP contribution < -0.4 is 14.8 Å². The Bertz CT molecular complexity index is 674. The second-order valence-corrected chi connectivity index (χ2v) is 4.54. The van der Waals surface area contributed by atoms with Gasteiger partial charge in [0.2, 0.25) is 0 Å². The maximum absolute atomic E-state index is 12.2. The molecular formula is C16H15F2NO3. The Labute approximate surface area is 126 Å². The first-order valence-electron chi connectivity index (χ1n) is 6.50. The van der Waals surface area contributed by atoms with Crippen LogP contribution in [0.1, 0.15) is 15.9 Å². The summed E-state index contributed by atoms with van der Waals surface area (Å²) in [6, 6.07) is 10.8. The van der Waals surface area contributed by atoms with Crippen molar-refractivity contribution in [1.29, 1.82) is 0 Å². The number of halogens is 2. The van der Waals surface area contributed by atoms with Crippen LogP contribution in [0.25, 0.3) is 0 Å². The van der Waals surface area contributed by atoms with Gasteiger partial charge in [0.15, 0.2) is 0 Å². The van der Waals surface area contributed by atoms with Crippen LogP contribution in [0, 0.1) is 6.92 Å². The summed E-state index contributed by atoms with van der Waals surface area (Å²) in [5.74, 6) is 0.213. The maximum Gasteiger partial charge on any atom is 0.387 e. The fourth-order valence-electron chi connectivity index (χ4n) is 1.91. The lowest BCUT2D eigenvalue weighted by atomic mass is 10.1. The van der Waals surface area contributed by atoms with E-state index in [0.717, 1.165) is 5.56 Å². The predicted molar refractivity (Wildman–Crippen MR) is 78.8 cm³/mol. The predicted octanol–water partition coefficient (Wildman–Crippen LogP) is 3.86. The second-order valence-electron chi connectivity index (χ2n) is 4.54. The van der Waals surface area contributed by atoms with Crippen LogP contribution in [0.4, 0.5) is 14.5 Å². The zero-order valence-electron chi connectivity index (χ0n) is 12.1. The molecule has 0 aliphatic carbocycles. The number of carbonyl (C=O) groups excluding carboxylic acids is 1. The summed E-state index contributed by atoms with van der Waals surface area (Å²) in [4.78, 5) is 12.2. The minimum absolute atomic E-state index is 0.0610. The van der Waals surface area contributed by atoms with Crippen molar-refractivity contribution in [3.05, 3.63) is 53.6 Å². The van der Waals surface area contributed by atoms with Crippen LogP contribution in [0.3, 0.4) is 0 Å². The van der Waals surface area contributed by atoms with E-state index in [4.69, 9.17) is 4.74 Å². The molecule has 0 bridgehead atoms. The van der Waals surface area contributed by atoms with Crippen molar-refractivity contribution in [1.82, 2.24) is 0 Å². The zero-order valence-corrected chi connectivity index (χ0v) is 12.1. The van der Waals surface area contributed by atoms with E-state index in [2.05, 4.69) is 10.1 Å². The number of alkyl halides is 2. The van der Waals surface area contributed by atoms with E-state index < -0.39 is 12.5 Å². The molecule has 2 aromatic rings. The monoisotopic (exact) mass is 307 g/mol. The molecule has 1 N–H and O–H groups in total. The fourth-order valence-corrected chi connectivity index (χ4v) is 1.91. The van der Waals surface area contributed by atoms with E-state index in [-0.39, 0.29) is 11.3 Å². The third-order valence-corrected chi connectivity index (χ3v) is 3.00. The van der Waals surface area contributed by atoms with Gasteiger partial charge in [0, 0.05) is 11.3 Å². The molecule has 2 aromatic carbocycles. The molecule has 0 aliphatic rings. The summed E-state index contributed by atoms with van der Waals surface area (Å²) in [5, 5.41) is 2.72. The number of carbonyl (C=O) groups is 1. The highest BCUT2D eigenvalue weighted by atomic mass is 19.3. The number of aryl methyl sites for hydroxylation is 1. The van der Waals surface area contributed by atoms with Gasteiger partial charge in [0.1, 0.15) is 11.5 Å². The highest BCUT2D eigenvalue weighted by molar-refractivity contribution is 6.04. The molecular weight excluding hydrogens is 292 g/mol. The van der Waals surface area contributed by atoms with Gasteiger partial charge in [-0.15, -0.1) is 0 Å². The molecule has 0 aliphatic heterocycles. The van der Waals surface area contributed by atoms with Crippen LogP contribution >= 0.6 is 0 Å². The Morgan fingerprint density at radius 2 is 1.91 bits per heavy atom. The molecule has 22 heavy (non-hydrogen) atoms. The van der Waals surface area contributed by atoms with E-state index in [0.29, 0.717) is 11.4 Å². The number of benzene rings is 2. The molecule has 6 heteroatoms. The van der Waals surface area contributed by atoms with E-state index in [1.165, 1.54) is 24.3 Å². The number of rotatable bonds is 5. The van der Waals surface area contributed by atoms with Gasteiger partial charge in [-0.1, -0.05) is 6.07 Å². The molecule has 0 atom stereocenters. The van der Waals surface area contributed by atoms with Crippen molar-refractivity contribution < 1.29 is 23.0 Å². The van der Waals surface area contributed by atoms with Crippen molar-refractivity contribution in [2.75, 3.05) is 12.4 Å². The van der Waals surface area contributed by atoms with Crippen LogP contribution in [-0.2, 0) is 0 Å². The third kappa shape index (κ3) is 3.94. The molecule has 0 fully saturated rings. The summed E-state index contributed by atoms with van der Waals surface area (Å²) >= 11 is 0. The molecule has 0 unspecified atom stereocenters. The maximum atomic E-state index is 12.2. The first-order chi connectivity index (χ1) is 10.5. The minimum atomic E-state index is -2.93. The minimum Gasteiger partial charge on any atom is -0.497 e. The number of hydrogen-bond acceptors (Lipinski definition) is 3. The van der Waals surface area contributed by atoms with Gasteiger partial charge >= 0.3 is 6.61 Å². The van der Waals surface area contributed by atoms with Crippen molar-refractivity contribution in [3.8, 4) is 11.5 Å². The summed E-state index contributed by atoms with van der Waals surface area (Å²) in [6.45, 7) is -1.10. The Balaban J connectivity index is 2.15. The summed E-state index contributed by atoms with van der Waals surface area (Å²) in [6.07, 6.45) is 0. The summed E-state index contributed by atoms with van der Waals surface area (Å²) in [7, 11) is 1.56. The van der Waals surface area contributed by atoms with Gasteiger partial charge in [-0.05, 0) is 48.9 Å². The first kappa shape index (κ1) is 15.8. The van der Waals surface area contributed by atoms with Crippen LogP contribution in [0.15, 0.2) is 42.5 Å². The average molecular weight is 307 g/mol. The van der Waals surface area contributed by atoms with E-state index in [1.807, 2.05) is 6.92 Å². The Morgan fingerprint density at radius 1 is 1.14 bits per heavy atom. The summed E-state index contributed by atoms with van der Waals surface area (Å²) < 4.78 is 33.8. The number of hydrogen-bond donors (Lipinski definition) is 1. The van der Waals surface area contributed by atoms with Crippen LogP contribution in [0.2, 0.25) is 0 Å². The van der Waals surface area contributed by atoms with Gasteiger partial charge in [-0.3, -0.25) is 4.79 Å². The number of anilines is 1. The number of amides is 1. The molecule has 1 amide bonds. The number of nitrogens with one attached hydrogen (secondary N) is 1. The first-order valence-corrected chi connectivity index (χ1v) is 6.50. The molecule has 116 valence electrons. The Morgan fingerprint density at radius 3 is 2.55 bits per heavy atom. The number of methoxy groups -OCH3 is 1. The molecule has 4 nitrogen and oxygen atoms in total. The molecule has 0 heterocycles. The largest absolute Gasteiger partial charge is 0.497 e. The van der Waals surface area contributed by atoms with E-state index in [1.54, 1.807) is 25.3 Å². The normalized spacial score (nSPS) is 10.4. The van der Waals surface area contributed by atoms with Gasteiger partial charge in [0.25, 0.3) is 5.91 Å². The molecule has 2 rings (SSSR count). The highest BCUT2D eigenvalue weighted by Crippen LogP contribution is 2.22. The standard InChI is InChI=1S/C16H15F2NO3/c1-10-8-12(21-2)6-7-14(10)19-15(20)11-4-3-5-13(9-11)22-16(17)18/h3-9,16H,1-2H3,(H,19,20). The lowest BCUT2D eigenvalue weighted by Gasteiger charge is -2.11. The number of ether oxygens (including phenoxy) is 2. The molecule has 0 saturated heterocycles. The molecule has 0 aromatic heterocycles. The average Bonchev–Trinajstić information content (AvgIpc) is 2.48. The quantitative estimate of drug-likeness (QED) is 0.912. The fraction of sp³-hybridized carbons (Fsp3) is 0.188. The smallest absolute Gasteiger partial charge is 0.387 e. The van der Waals surface area contributed by atoms with Crippen LogP contribution in [0.5, 0.6) is 11.5 Å². The molecule has 0 radical (unpaired) electrons. The Hall–Kier alpha value is -2.63. The zero-order chi connectivity index (χ0) is 16.1. The SMILES string of the molecule is COc1ccc(NC(=O)c2cccc(OC(F)F)c2)c(C)c1. The Kier molecular flexibility index (Phi) is 4.93. The van der Waals surface area contributed by atoms with Crippen molar-refractivity contribution >= 4 is 11.6 Å². The van der Waals surface area contributed by atoms with Gasteiger partial charge in [-0.2, -0.15) is 8.78 Å². The third-order valence-electron chi connectivity index (χ3n) is 3.00. The lowest BCUT2D eigenvalue weighted by Crippen LogP contribution is -2.13. The lowest BCUT2D eigenvalue weighted by molar-refractivity contribution is -0.0498.